The van der Waals surface area contributed by atoms with Crippen LogP contribution in [0.3, 0.4) is 0 Å². The fourth-order valence-corrected chi connectivity index (χ4v) is 5.74. The van der Waals surface area contributed by atoms with E-state index < -0.39 is 85.4 Å². The Hall–Kier alpha value is -5.02. The Kier molecular flexibility index (Phi) is 11.7. The number of aliphatic carboxylic acids is 1. The molecule has 48 heavy (non-hydrogen) atoms. The molecule has 258 valence electrons. The number of fused-ring (bicyclic) bond motifs is 3. The molecule has 1 aliphatic carbocycles. The summed E-state index contributed by atoms with van der Waals surface area (Å²) < 4.78 is 38.3. The molecule has 0 spiro atoms. The van der Waals surface area contributed by atoms with E-state index in [2.05, 4.69) is 5.32 Å². The number of carbonyl (C=O) groups is 6. The first-order chi connectivity index (χ1) is 22.8. The minimum Gasteiger partial charge on any atom is -0.480 e. The first-order valence-corrected chi connectivity index (χ1v) is 15.1. The number of esters is 4. The van der Waals surface area contributed by atoms with Crippen molar-refractivity contribution in [1.29, 1.82) is 0 Å². The van der Waals surface area contributed by atoms with Gasteiger partial charge in [0, 0.05) is 33.6 Å². The van der Waals surface area contributed by atoms with E-state index in [1.807, 2.05) is 48.5 Å². The van der Waals surface area contributed by atoms with Crippen LogP contribution in [0.5, 0.6) is 0 Å². The van der Waals surface area contributed by atoms with Crippen LogP contribution < -0.4 is 5.32 Å². The lowest BCUT2D eigenvalue weighted by Gasteiger charge is -2.44. The second-order valence-corrected chi connectivity index (χ2v) is 11.2. The van der Waals surface area contributed by atoms with Gasteiger partial charge in [0.25, 0.3) is 0 Å². The Balaban J connectivity index is 1.52. The summed E-state index contributed by atoms with van der Waals surface area (Å²) in [5.74, 6) is -5.03. The molecule has 7 atom stereocenters. The molecule has 1 aliphatic heterocycles. The van der Waals surface area contributed by atoms with E-state index in [-0.39, 0.29) is 12.5 Å². The van der Waals surface area contributed by atoms with Crippen molar-refractivity contribution in [3.05, 3.63) is 59.7 Å². The van der Waals surface area contributed by atoms with Gasteiger partial charge in [-0.15, -0.1) is 0 Å². The summed E-state index contributed by atoms with van der Waals surface area (Å²) in [5, 5.41) is 12.3. The number of rotatable bonds is 12. The summed E-state index contributed by atoms with van der Waals surface area (Å²) in [6.07, 6.45) is -9.95. The standard InChI is InChI=1S/C33H37NO14/c1-16(27(31(39)40)34-33(41)43-14-25-23-12-8-6-10-21(23)22-11-7-9-13-24(22)25)44-32-30(47-20(5)38)29(46-19(4)37)28(45-18(3)36)26(48-32)15-42-17(2)35/h6-13,16,25-30,32H,14-15H2,1-5H3,(H,34,41)(H,39,40)/t16-,26-,27+,28-,29+,30-,32-/m1/s1. The van der Waals surface area contributed by atoms with E-state index in [1.165, 1.54) is 6.92 Å². The average Bonchev–Trinajstić information content (AvgIpc) is 3.33. The number of benzene rings is 2. The summed E-state index contributed by atoms with van der Waals surface area (Å²) in [7, 11) is 0. The van der Waals surface area contributed by atoms with Crippen LogP contribution in [-0.4, -0.2) is 97.1 Å². The highest BCUT2D eigenvalue weighted by atomic mass is 16.7. The monoisotopic (exact) mass is 671 g/mol. The number of ether oxygens (including phenoxy) is 7. The minimum absolute atomic E-state index is 0.0822. The smallest absolute Gasteiger partial charge is 0.407 e. The number of carbonyl (C=O) groups excluding carboxylic acids is 5. The molecule has 0 aromatic heterocycles. The highest BCUT2D eigenvalue weighted by Crippen LogP contribution is 2.44. The Morgan fingerprint density at radius 2 is 1.25 bits per heavy atom. The number of hydrogen-bond acceptors (Lipinski definition) is 13. The third-order valence-corrected chi connectivity index (χ3v) is 7.65. The lowest BCUT2D eigenvalue weighted by Crippen LogP contribution is -2.64. The molecule has 2 aromatic rings. The summed E-state index contributed by atoms with van der Waals surface area (Å²) in [5.41, 5.74) is 3.94. The van der Waals surface area contributed by atoms with Gasteiger partial charge < -0.3 is 43.6 Å². The van der Waals surface area contributed by atoms with Crippen LogP contribution in [-0.2, 0) is 57.1 Å². The Morgan fingerprint density at radius 3 is 1.77 bits per heavy atom. The lowest BCUT2D eigenvalue weighted by molar-refractivity contribution is -0.316. The molecule has 0 bridgehead atoms. The van der Waals surface area contributed by atoms with Gasteiger partial charge in [0.2, 0.25) is 0 Å². The van der Waals surface area contributed by atoms with Crippen LogP contribution in [0.2, 0.25) is 0 Å². The fraction of sp³-hybridized carbons (Fsp3) is 0.455. The van der Waals surface area contributed by atoms with E-state index in [9.17, 15) is 33.9 Å². The maximum absolute atomic E-state index is 13.0. The fourth-order valence-electron chi connectivity index (χ4n) is 5.74. The number of amides is 1. The molecule has 15 nitrogen and oxygen atoms in total. The first-order valence-electron chi connectivity index (χ1n) is 15.1. The highest BCUT2D eigenvalue weighted by molar-refractivity contribution is 5.81. The predicted octanol–water partition coefficient (Wildman–Crippen LogP) is 2.47. The molecule has 2 N–H and O–H groups in total. The van der Waals surface area contributed by atoms with Crippen molar-refractivity contribution < 1.29 is 67.0 Å². The molecule has 1 amide bonds. The van der Waals surface area contributed by atoms with Gasteiger partial charge in [-0.3, -0.25) is 19.2 Å². The van der Waals surface area contributed by atoms with Crippen LogP contribution in [0, 0.1) is 0 Å². The van der Waals surface area contributed by atoms with Gasteiger partial charge >= 0.3 is 35.9 Å². The Morgan fingerprint density at radius 1 is 0.729 bits per heavy atom. The molecule has 1 saturated heterocycles. The normalized spacial score (nSPS) is 22.6. The lowest BCUT2D eigenvalue weighted by atomic mass is 9.98. The molecular formula is C33H37NO14. The summed E-state index contributed by atoms with van der Waals surface area (Å²) in [4.78, 5) is 73.0. The number of alkyl carbamates (subject to hydrolysis) is 1. The summed E-state index contributed by atoms with van der Waals surface area (Å²) >= 11 is 0. The maximum Gasteiger partial charge on any atom is 0.407 e. The van der Waals surface area contributed by atoms with Crippen molar-refractivity contribution in [3.63, 3.8) is 0 Å². The summed E-state index contributed by atoms with van der Waals surface area (Å²) in [6, 6.07) is 13.7. The van der Waals surface area contributed by atoms with E-state index in [4.69, 9.17) is 33.2 Å². The second kappa shape index (κ2) is 15.7. The third-order valence-electron chi connectivity index (χ3n) is 7.65. The Bertz CT molecular complexity index is 1500. The van der Waals surface area contributed by atoms with E-state index in [0.717, 1.165) is 49.9 Å². The first kappa shape index (κ1) is 35.8. The quantitative estimate of drug-likeness (QED) is 0.246. The number of hydrogen-bond donors (Lipinski definition) is 2. The molecule has 2 aromatic carbocycles. The van der Waals surface area contributed by atoms with Crippen molar-refractivity contribution in [3.8, 4) is 11.1 Å². The van der Waals surface area contributed by atoms with Crippen LogP contribution in [0.25, 0.3) is 11.1 Å². The van der Waals surface area contributed by atoms with Crippen LogP contribution >= 0.6 is 0 Å². The van der Waals surface area contributed by atoms with Crippen molar-refractivity contribution >= 4 is 35.9 Å². The predicted molar refractivity (Wildman–Crippen MR) is 162 cm³/mol. The average molecular weight is 672 g/mol. The van der Waals surface area contributed by atoms with Gasteiger partial charge in [0.05, 0.1) is 6.10 Å². The molecule has 0 saturated carbocycles. The third kappa shape index (κ3) is 8.66. The zero-order valence-electron chi connectivity index (χ0n) is 26.9. The number of nitrogens with one attached hydrogen (secondary N) is 1. The van der Waals surface area contributed by atoms with Crippen molar-refractivity contribution in [2.75, 3.05) is 13.2 Å². The zero-order chi connectivity index (χ0) is 35.1. The maximum atomic E-state index is 13.0. The molecule has 4 rings (SSSR count). The molecule has 0 radical (unpaired) electrons. The Labute approximate surface area is 275 Å². The van der Waals surface area contributed by atoms with E-state index in [1.54, 1.807) is 0 Å². The van der Waals surface area contributed by atoms with Crippen LogP contribution in [0.1, 0.15) is 51.7 Å². The molecule has 1 heterocycles. The van der Waals surface area contributed by atoms with Crippen molar-refractivity contribution in [2.45, 2.75) is 83.4 Å². The van der Waals surface area contributed by atoms with Gasteiger partial charge in [-0.1, -0.05) is 48.5 Å². The highest BCUT2D eigenvalue weighted by Gasteiger charge is 2.53. The van der Waals surface area contributed by atoms with Gasteiger partial charge in [0.15, 0.2) is 30.6 Å². The number of carboxylic acids is 1. The second-order valence-electron chi connectivity index (χ2n) is 11.2. The molecule has 0 unspecified atom stereocenters. The van der Waals surface area contributed by atoms with E-state index >= 15 is 0 Å². The topological polar surface area (TPSA) is 199 Å². The molecule has 15 heteroatoms. The molecule has 2 aliphatic rings. The van der Waals surface area contributed by atoms with Crippen LogP contribution in [0.15, 0.2) is 48.5 Å². The molecular weight excluding hydrogens is 634 g/mol. The molecule has 1 fully saturated rings. The van der Waals surface area contributed by atoms with Gasteiger partial charge in [-0.05, 0) is 29.2 Å². The summed E-state index contributed by atoms with van der Waals surface area (Å²) in [6.45, 7) is 5.02. The SMILES string of the molecule is CC(=O)OC[C@H]1O[C@@H](O[C@H](C)[C@H](NC(=O)OCC2c3ccccc3-c3ccccc32)C(=O)O)[C@H](OC(C)=O)[C@@H](OC(C)=O)[C@@H]1OC(C)=O. The van der Waals surface area contributed by atoms with Crippen molar-refractivity contribution in [2.24, 2.45) is 0 Å². The number of carboxylic acid groups (broad SMARTS) is 1. The van der Waals surface area contributed by atoms with Crippen molar-refractivity contribution in [1.82, 2.24) is 5.32 Å². The van der Waals surface area contributed by atoms with Gasteiger partial charge in [-0.25, -0.2) is 9.59 Å². The largest absolute Gasteiger partial charge is 0.480 e. The minimum atomic E-state index is -1.72. The zero-order valence-corrected chi connectivity index (χ0v) is 26.9. The van der Waals surface area contributed by atoms with Gasteiger partial charge in [0.1, 0.15) is 19.3 Å². The van der Waals surface area contributed by atoms with Gasteiger partial charge in [-0.2, -0.15) is 0 Å². The van der Waals surface area contributed by atoms with E-state index in [0.29, 0.717) is 0 Å². The van der Waals surface area contributed by atoms with Crippen LogP contribution in [0.4, 0.5) is 4.79 Å².